The van der Waals surface area contributed by atoms with Gasteiger partial charge in [-0.1, -0.05) is 11.6 Å². The molecule has 3 aromatic heterocycles. The number of hydrogen-bond acceptors (Lipinski definition) is 6. The molecular weight excluding hydrogens is 355 g/mol. The highest BCUT2D eigenvalue weighted by Crippen LogP contribution is 2.29. The van der Waals surface area contributed by atoms with Crippen molar-refractivity contribution < 1.29 is 4.39 Å². The predicted octanol–water partition coefficient (Wildman–Crippen LogP) is 4.21. The van der Waals surface area contributed by atoms with Gasteiger partial charge in [-0.05, 0) is 42.5 Å². The number of nitrogens with zero attached hydrogens (tertiary/aromatic N) is 4. The largest absolute Gasteiger partial charge is 0.384 e. The number of fused-ring (bicyclic) bond motifs is 1. The summed E-state index contributed by atoms with van der Waals surface area (Å²) in [5, 5.41) is 4.22. The molecule has 0 fully saturated rings. The molecule has 4 rings (SSSR count). The molecule has 1 aromatic carbocycles. The van der Waals surface area contributed by atoms with Crippen LogP contribution in [-0.2, 0) is 0 Å². The molecule has 0 atom stereocenters. The second-order valence-electron chi connectivity index (χ2n) is 5.49. The zero-order chi connectivity index (χ0) is 18.1. The van der Waals surface area contributed by atoms with Crippen molar-refractivity contribution in [2.45, 2.75) is 0 Å². The first-order valence-electron chi connectivity index (χ1n) is 7.67. The van der Waals surface area contributed by atoms with Crippen LogP contribution < -0.4 is 11.1 Å². The SMILES string of the molecule is Nc1ccc2c(Nc3ccncc3)nc(-c3cc(Cl)ccc3F)nc2n1. The zero-order valence-corrected chi connectivity index (χ0v) is 14.1. The number of benzene rings is 1. The average molecular weight is 367 g/mol. The second-order valence-corrected chi connectivity index (χ2v) is 5.92. The van der Waals surface area contributed by atoms with Crippen LogP contribution in [0.25, 0.3) is 22.4 Å². The molecule has 3 N–H and O–H groups in total. The Kier molecular flexibility index (Phi) is 4.06. The Morgan fingerprint density at radius 3 is 2.58 bits per heavy atom. The molecule has 0 saturated heterocycles. The van der Waals surface area contributed by atoms with Crippen molar-refractivity contribution in [2.24, 2.45) is 0 Å². The monoisotopic (exact) mass is 366 g/mol. The molecule has 0 unspecified atom stereocenters. The maximum Gasteiger partial charge on any atom is 0.167 e. The Balaban J connectivity index is 1.93. The van der Waals surface area contributed by atoms with Crippen molar-refractivity contribution in [1.29, 1.82) is 0 Å². The fraction of sp³-hybridized carbons (Fsp3) is 0. The van der Waals surface area contributed by atoms with Gasteiger partial charge in [-0.15, -0.1) is 0 Å². The van der Waals surface area contributed by atoms with Gasteiger partial charge in [-0.2, -0.15) is 0 Å². The minimum Gasteiger partial charge on any atom is -0.384 e. The highest BCUT2D eigenvalue weighted by atomic mass is 35.5. The number of halogens is 2. The maximum atomic E-state index is 14.3. The lowest BCUT2D eigenvalue weighted by Gasteiger charge is -2.11. The molecule has 0 spiro atoms. The van der Waals surface area contributed by atoms with Gasteiger partial charge in [0.15, 0.2) is 11.5 Å². The molecule has 0 aliphatic rings. The van der Waals surface area contributed by atoms with E-state index in [0.29, 0.717) is 27.7 Å². The van der Waals surface area contributed by atoms with Crippen LogP contribution in [0.1, 0.15) is 0 Å². The maximum absolute atomic E-state index is 14.3. The van der Waals surface area contributed by atoms with Crippen LogP contribution in [0, 0.1) is 5.82 Å². The van der Waals surface area contributed by atoms with E-state index >= 15 is 0 Å². The zero-order valence-electron chi connectivity index (χ0n) is 13.3. The van der Waals surface area contributed by atoms with Crippen LogP contribution in [0.15, 0.2) is 54.9 Å². The minimum absolute atomic E-state index is 0.159. The molecule has 8 heteroatoms. The van der Waals surface area contributed by atoms with E-state index in [9.17, 15) is 4.39 Å². The smallest absolute Gasteiger partial charge is 0.167 e. The first-order chi connectivity index (χ1) is 12.6. The first-order valence-corrected chi connectivity index (χ1v) is 8.05. The molecule has 4 aromatic rings. The van der Waals surface area contributed by atoms with E-state index < -0.39 is 5.82 Å². The van der Waals surface area contributed by atoms with Crippen molar-refractivity contribution in [1.82, 2.24) is 19.9 Å². The van der Waals surface area contributed by atoms with Gasteiger partial charge in [0.25, 0.3) is 0 Å². The number of nitrogen functional groups attached to an aromatic ring is 1. The Morgan fingerprint density at radius 1 is 0.962 bits per heavy atom. The topological polar surface area (TPSA) is 89.6 Å². The second kappa shape index (κ2) is 6.53. The van der Waals surface area contributed by atoms with Gasteiger partial charge in [-0.25, -0.2) is 19.3 Å². The molecule has 6 nitrogen and oxygen atoms in total. The van der Waals surface area contributed by atoms with Crippen molar-refractivity contribution >= 4 is 40.0 Å². The normalized spacial score (nSPS) is 10.8. The number of nitrogens with two attached hydrogens (primary N) is 1. The van der Waals surface area contributed by atoms with Crippen LogP contribution in [0.5, 0.6) is 0 Å². The van der Waals surface area contributed by atoms with Crippen molar-refractivity contribution in [3.63, 3.8) is 0 Å². The number of anilines is 3. The van der Waals surface area contributed by atoms with Crippen molar-refractivity contribution in [3.8, 4) is 11.4 Å². The fourth-order valence-electron chi connectivity index (χ4n) is 2.48. The number of rotatable bonds is 3. The molecule has 0 radical (unpaired) electrons. The number of hydrogen-bond donors (Lipinski definition) is 2. The lowest BCUT2D eigenvalue weighted by molar-refractivity contribution is 0.630. The van der Waals surface area contributed by atoms with Crippen LogP contribution in [0.3, 0.4) is 0 Å². The van der Waals surface area contributed by atoms with E-state index in [1.807, 2.05) is 0 Å². The summed E-state index contributed by atoms with van der Waals surface area (Å²) >= 11 is 6.00. The number of pyridine rings is 2. The van der Waals surface area contributed by atoms with Crippen molar-refractivity contribution in [3.05, 3.63) is 65.7 Å². The lowest BCUT2D eigenvalue weighted by Crippen LogP contribution is -2.02. The van der Waals surface area contributed by atoms with E-state index in [1.165, 1.54) is 18.2 Å². The summed E-state index contributed by atoms with van der Waals surface area (Å²) in [4.78, 5) is 17.0. The number of nitrogens with one attached hydrogen (secondary N) is 1. The summed E-state index contributed by atoms with van der Waals surface area (Å²) in [5.41, 5.74) is 7.08. The summed E-state index contributed by atoms with van der Waals surface area (Å²) in [6.45, 7) is 0. The van der Waals surface area contributed by atoms with E-state index in [1.54, 1.807) is 36.7 Å². The molecule has 0 aliphatic carbocycles. The van der Waals surface area contributed by atoms with Gasteiger partial charge in [-0.3, -0.25) is 4.98 Å². The van der Waals surface area contributed by atoms with Crippen LogP contribution >= 0.6 is 11.6 Å². The van der Waals surface area contributed by atoms with E-state index in [-0.39, 0.29) is 11.4 Å². The molecule has 0 aliphatic heterocycles. The third-order valence-corrected chi connectivity index (χ3v) is 3.93. The molecular formula is C18H12ClFN6. The summed E-state index contributed by atoms with van der Waals surface area (Å²) in [6, 6.07) is 11.2. The van der Waals surface area contributed by atoms with Gasteiger partial charge in [0, 0.05) is 23.1 Å². The highest BCUT2D eigenvalue weighted by molar-refractivity contribution is 6.30. The molecule has 128 valence electrons. The fourth-order valence-corrected chi connectivity index (χ4v) is 2.65. The van der Waals surface area contributed by atoms with Crippen LogP contribution in [0.4, 0.5) is 21.7 Å². The average Bonchev–Trinajstić information content (AvgIpc) is 2.64. The Hall–Kier alpha value is -3.32. The van der Waals surface area contributed by atoms with Crippen LogP contribution in [0.2, 0.25) is 5.02 Å². The third-order valence-electron chi connectivity index (χ3n) is 3.69. The van der Waals surface area contributed by atoms with Crippen molar-refractivity contribution in [2.75, 3.05) is 11.1 Å². The van der Waals surface area contributed by atoms with Gasteiger partial charge in [0.1, 0.15) is 17.5 Å². The number of aromatic nitrogens is 4. The molecule has 0 saturated carbocycles. The summed E-state index contributed by atoms with van der Waals surface area (Å²) in [7, 11) is 0. The van der Waals surface area contributed by atoms with E-state index in [2.05, 4.69) is 25.3 Å². The first kappa shape index (κ1) is 16.2. The molecule has 0 bridgehead atoms. The molecule has 26 heavy (non-hydrogen) atoms. The molecule has 0 amide bonds. The summed E-state index contributed by atoms with van der Waals surface area (Å²) < 4.78 is 14.3. The van der Waals surface area contributed by atoms with E-state index in [4.69, 9.17) is 17.3 Å². The molecule has 3 heterocycles. The van der Waals surface area contributed by atoms with Gasteiger partial charge in [0.2, 0.25) is 0 Å². The highest BCUT2D eigenvalue weighted by Gasteiger charge is 2.14. The van der Waals surface area contributed by atoms with E-state index in [0.717, 1.165) is 5.69 Å². The van der Waals surface area contributed by atoms with Gasteiger partial charge >= 0.3 is 0 Å². The summed E-state index contributed by atoms with van der Waals surface area (Å²) in [5.74, 6) is 0.464. The van der Waals surface area contributed by atoms with Gasteiger partial charge in [0.05, 0.1) is 10.9 Å². The predicted molar refractivity (Wildman–Crippen MR) is 99.7 cm³/mol. The Bertz CT molecular complexity index is 1100. The van der Waals surface area contributed by atoms with Gasteiger partial charge < -0.3 is 11.1 Å². The Labute approximate surface area is 152 Å². The third kappa shape index (κ3) is 3.12. The minimum atomic E-state index is -0.479. The summed E-state index contributed by atoms with van der Waals surface area (Å²) in [6.07, 6.45) is 3.30. The van der Waals surface area contributed by atoms with Crippen LogP contribution in [-0.4, -0.2) is 19.9 Å². The quantitative estimate of drug-likeness (QED) is 0.564. The lowest BCUT2D eigenvalue weighted by atomic mass is 10.2. The Morgan fingerprint density at radius 2 is 1.77 bits per heavy atom. The standard InChI is InChI=1S/C18H12ClFN6/c19-10-1-3-14(20)13(9-10)18-25-16(23-11-5-7-22-8-6-11)12-2-4-15(21)24-17(12)26-18/h1-9H,(H3,21,22,23,24,25,26).